The van der Waals surface area contributed by atoms with Crippen LogP contribution < -0.4 is 10.3 Å². The zero-order valence-corrected chi connectivity index (χ0v) is 17.8. The van der Waals surface area contributed by atoms with Crippen LogP contribution in [0.15, 0.2) is 24.3 Å². The van der Waals surface area contributed by atoms with E-state index in [1.165, 1.54) is 47.2 Å². The predicted octanol–water partition coefficient (Wildman–Crippen LogP) is 3.38. The number of H-pyrrole nitrogens is 1. The van der Waals surface area contributed by atoms with Gasteiger partial charge >= 0.3 is 0 Å². The standard InChI is InChI=1S/C17H15FN6O2S3/c1-8-13(29-16(19-8)20-9(2)25)14-21-22-17(27)24(14)23-12(26)7-28-15(23)10-3-5-11(18)6-4-10/h3-6,15H,7H2,1-2H3,(H,22,27)(H,19,20,25). The number of nitrogens with one attached hydrogen (secondary N) is 2. The number of aromatic amines is 1. The summed E-state index contributed by atoms with van der Waals surface area (Å²) in [5, 5.41) is 11.3. The number of carbonyl (C=O) groups is 2. The lowest BCUT2D eigenvalue weighted by Gasteiger charge is -2.25. The molecule has 1 fully saturated rings. The predicted molar refractivity (Wildman–Crippen MR) is 112 cm³/mol. The highest BCUT2D eigenvalue weighted by Crippen LogP contribution is 2.40. The molecule has 29 heavy (non-hydrogen) atoms. The minimum atomic E-state index is -0.380. The van der Waals surface area contributed by atoms with Gasteiger partial charge in [0.05, 0.1) is 16.3 Å². The molecule has 2 N–H and O–H groups in total. The van der Waals surface area contributed by atoms with E-state index in [-0.39, 0.29) is 33.5 Å². The molecule has 1 saturated heterocycles. The molecular weight excluding hydrogens is 435 g/mol. The Labute approximate surface area is 178 Å². The number of aryl methyl sites for hydroxylation is 1. The van der Waals surface area contributed by atoms with Gasteiger partial charge in [-0.25, -0.2) is 24.2 Å². The van der Waals surface area contributed by atoms with Gasteiger partial charge in [0.25, 0.3) is 5.91 Å². The highest BCUT2D eigenvalue weighted by molar-refractivity contribution is 8.00. The van der Waals surface area contributed by atoms with Gasteiger partial charge in [0, 0.05) is 6.92 Å². The monoisotopic (exact) mass is 450 g/mol. The average molecular weight is 451 g/mol. The van der Waals surface area contributed by atoms with Crippen molar-refractivity contribution in [3.63, 3.8) is 0 Å². The summed E-state index contributed by atoms with van der Waals surface area (Å²) in [6.45, 7) is 3.19. The summed E-state index contributed by atoms with van der Waals surface area (Å²) in [4.78, 5) is 29.1. The van der Waals surface area contributed by atoms with E-state index in [9.17, 15) is 14.0 Å². The second-order valence-electron chi connectivity index (χ2n) is 6.23. The summed E-state index contributed by atoms with van der Waals surface area (Å²) in [5.74, 6) is -0.0441. The first kappa shape index (κ1) is 19.7. The van der Waals surface area contributed by atoms with E-state index in [1.54, 1.807) is 23.7 Å². The molecule has 8 nitrogen and oxygen atoms in total. The zero-order valence-electron chi connectivity index (χ0n) is 15.3. The van der Waals surface area contributed by atoms with Crippen molar-refractivity contribution in [1.29, 1.82) is 0 Å². The van der Waals surface area contributed by atoms with Crippen LogP contribution in [-0.2, 0) is 9.59 Å². The van der Waals surface area contributed by atoms with E-state index in [0.717, 1.165) is 5.56 Å². The number of carbonyl (C=O) groups excluding carboxylic acids is 2. The molecule has 0 radical (unpaired) electrons. The van der Waals surface area contributed by atoms with Gasteiger partial charge in [0.15, 0.2) is 11.0 Å². The molecule has 3 heterocycles. The van der Waals surface area contributed by atoms with Gasteiger partial charge in [0.2, 0.25) is 10.7 Å². The number of aromatic nitrogens is 4. The van der Waals surface area contributed by atoms with E-state index in [1.807, 2.05) is 0 Å². The molecule has 1 aliphatic heterocycles. The molecule has 3 aromatic rings. The second-order valence-corrected chi connectivity index (χ2v) is 8.69. The van der Waals surface area contributed by atoms with Crippen LogP contribution in [0.25, 0.3) is 10.7 Å². The quantitative estimate of drug-likeness (QED) is 0.592. The van der Waals surface area contributed by atoms with Crippen molar-refractivity contribution < 1.29 is 14.0 Å². The molecule has 12 heteroatoms. The van der Waals surface area contributed by atoms with Crippen molar-refractivity contribution in [3.8, 4) is 10.7 Å². The molecule has 0 bridgehead atoms. The van der Waals surface area contributed by atoms with E-state index in [0.29, 0.717) is 21.5 Å². The largest absolute Gasteiger partial charge is 0.302 e. The third-order valence-electron chi connectivity index (χ3n) is 4.15. The van der Waals surface area contributed by atoms with Crippen LogP contribution in [0.2, 0.25) is 0 Å². The Bertz CT molecular complexity index is 1150. The van der Waals surface area contributed by atoms with E-state index in [2.05, 4.69) is 20.5 Å². The van der Waals surface area contributed by atoms with Gasteiger partial charge in [0.1, 0.15) is 11.2 Å². The molecule has 2 aromatic heterocycles. The number of hydrogen-bond donors (Lipinski definition) is 2. The Morgan fingerprint density at radius 2 is 2.10 bits per heavy atom. The van der Waals surface area contributed by atoms with Crippen LogP contribution in [0.5, 0.6) is 0 Å². The molecule has 150 valence electrons. The van der Waals surface area contributed by atoms with Crippen LogP contribution in [0.1, 0.15) is 23.6 Å². The molecule has 0 saturated carbocycles. The lowest BCUT2D eigenvalue weighted by Crippen LogP contribution is -2.38. The topological polar surface area (TPSA) is 95.9 Å². The molecule has 0 spiro atoms. The maximum absolute atomic E-state index is 13.3. The molecule has 1 aliphatic rings. The lowest BCUT2D eigenvalue weighted by atomic mass is 10.2. The number of thioether (sulfide) groups is 1. The van der Waals surface area contributed by atoms with Gasteiger partial charge < -0.3 is 5.32 Å². The van der Waals surface area contributed by atoms with Crippen LogP contribution in [0, 0.1) is 17.5 Å². The van der Waals surface area contributed by atoms with Crippen molar-refractivity contribution in [3.05, 3.63) is 46.1 Å². The van der Waals surface area contributed by atoms with Crippen molar-refractivity contribution in [2.75, 3.05) is 16.1 Å². The van der Waals surface area contributed by atoms with Gasteiger partial charge in [-0.05, 0) is 36.8 Å². The number of hydrogen-bond acceptors (Lipinski definition) is 7. The highest BCUT2D eigenvalue weighted by atomic mass is 32.2. The van der Waals surface area contributed by atoms with Gasteiger partial charge in [-0.1, -0.05) is 23.5 Å². The second kappa shape index (κ2) is 7.69. The fraction of sp³-hybridized carbons (Fsp3) is 0.235. The number of halogens is 1. The smallest absolute Gasteiger partial charge is 0.252 e. The normalized spacial score (nSPS) is 16.4. The number of anilines is 1. The summed E-state index contributed by atoms with van der Waals surface area (Å²) in [6, 6.07) is 6.02. The Hall–Kier alpha value is -2.57. The van der Waals surface area contributed by atoms with Crippen molar-refractivity contribution >= 4 is 52.3 Å². The summed E-state index contributed by atoms with van der Waals surface area (Å²) in [6.07, 6.45) is 0. The number of nitrogens with zero attached hydrogens (tertiary/aromatic N) is 4. The van der Waals surface area contributed by atoms with Crippen molar-refractivity contribution in [2.24, 2.45) is 0 Å². The fourth-order valence-electron chi connectivity index (χ4n) is 2.95. The number of thiazole rings is 1. The number of amides is 2. The molecule has 1 aromatic carbocycles. The highest BCUT2D eigenvalue weighted by Gasteiger charge is 2.37. The van der Waals surface area contributed by atoms with E-state index < -0.39 is 0 Å². The lowest BCUT2D eigenvalue weighted by molar-refractivity contribution is -0.117. The van der Waals surface area contributed by atoms with Gasteiger partial charge in [-0.3, -0.25) is 9.59 Å². The maximum atomic E-state index is 13.3. The Balaban J connectivity index is 1.79. The van der Waals surface area contributed by atoms with Crippen LogP contribution in [0.4, 0.5) is 9.52 Å². The minimum absolute atomic E-state index is 0.146. The molecule has 1 unspecified atom stereocenters. The first-order chi connectivity index (χ1) is 13.8. The number of benzene rings is 1. The third-order valence-corrected chi connectivity index (χ3v) is 6.68. The van der Waals surface area contributed by atoms with E-state index in [4.69, 9.17) is 12.2 Å². The van der Waals surface area contributed by atoms with Gasteiger partial charge in [-0.2, -0.15) is 5.10 Å². The summed E-state index contributed by atoms with van der Waals surface area (Å²) >= 11 is 8.06. The molecule has 1 atom stereocenters. The van der Waals surface area contributed by atoms with E-state index >= 15 is 0 Å². The van der Waals surface area contributed by atoms with Crippen LogP contribution >= 0.6 is 35.3 Å². The Morgan fingerprint density at radius 3 is 2.79 bits per heavy atom. The Morgan fingerprint density at radius 1 is 1.38 bits per heavy atom. The first-order valence-corrected chi connectivity index (χ1v) is 10.7. The Kier molecular flexibility index (Phi) is 5.23. The van der Waals surface area contributed by atoms with Crippen molar-refractivity contribution in [2.45, 2.75) is 19.2 Å². The molecular formula is C17H15FN6O2S3. The number of rotatable bonds is 4. The average Bonchev–Trinajstić information content (AvgIpc) is 3.32. The van der Waals surface area contributed by atoms with Crippen molar-refractivity contribution in [1.82, 2.24) is 19.9 Å². The maximum Gasteiger partial charge on any atom is 0.252 e. The van der Waals surface area contributed by atoms with Crippen LogP contribution in [0.3, 0.4) is 0 Å². The summed E-state index contributed by atoms with van der Waals surface area (Å²) < 4.78 is 15.1. The first-order valence-electron chi connectivity index (χ1n) is 8.47. The minimum Gasteiger partial charge on any atom is -0.302 e. The zero-order chi connectivity index (χ0) is 20.7. The molecule has 2 amide bonds. The third kappa shape index (κ3) is 3.70. The van der Waals surface area contributed by atoms with Gasteiger partial charge in [-0.15, -0.1) is 11.8 Å². The van der Waals surface area contributed by atoms with Crippen LogP contribution in [-0.4, -0.2) is 37.4 Å². The molecule has 4 rings (SSSR count). The fourth-order valence-corrected chi connectivity index (χ4v) is 5.29. The summed E-state index contributed by atoms with van der Waals surface area (Å²) in [7, 11) is 0. The SMILES string of the molecule is CC(=O)Nc1nc(C)c(-c2n[nH]c(=S)n2N2C(=O)CSC2c2ccc(F)cc2)s1. The summed E-state index contributed by atoms with van der Waals surface area (Å²) in [5.41, 5.74) is 1.42. The molecule has 0 aliphatic carbocycles.